The Labute approximate surface area is 156 Å². The lowest BCUT2D eigenvalue weighted by Crippen LogP contribution is -2.43. The van der Waals surface area contributed by atoms with Crippen LogP contribution in [0.4, 0.5) is 0 Å². The van der Waals surface area contributed by atoms with Crippen LogP contribution in [0.3, 0.4) is 0 Å². The molecule has 4 heterocycles. The van der Waals surface area contributed by atoms with Gasteiger partial charge in [-0.3, -0.25) is 9.59 Å². The molecule has 27 heavy (non-hydrogen) atoms. The molecule has 4 aliphatic rings. The van der Waals surface area contributed by atoms with Gasteiger partial charge in [0.25, 0.3) is 0 Å². The third kappa shape index (κ3) is 2.83. The minimum atomic E-state index is -1.21. The maximum Gasteiger partial charge on any atom is 0.350 e. The summed E-state index contributed by atoms with van der Waals surface area (Å²) in [6, 6.07) is 0. The molecule has 4 fully saturated rings. The van der Waals surface area contributed by atoms with Crippen LogP contribution in [0.5, 0.6) is 0 Å². The predicted molar refractivity (Wildman–Crippen MR) is 85.9 cm³/mol. The summed E-state index contributed by atoms with van der Waals surface area (Å²) in [5.41, 5.74) is -0.721. The first kappa shape index (κ1) is 18.6. The molecule has 9 nitrogen and oxygen atoms in total. The van der Waals surface area contributed by atoms with Gasteiger partial charge in [0.1, 0.15) is 12.0 Å². The zero-order valence-electron chi connectivity index (χ0n) is 15.8. The molecule has 0 spiro atoms. The standard InChI is InChI=1S/C18H24O9/c1-5-17(2,3)16(21)25-11-9-10(23-14(11)20)12-15(24-9)27-18(4,26-12)8-6-7-22-13(8)19/h8-12,15H,5-7H2,1-4H3. The number of ether oxygens (including phenoxy) is 6. The Hall–Kier alpha value is -1.71. The first-order chi connectivity index (χ1) is 12.7. The van der Waals surface area contributed by atoms with Crippen molar-refractivity contribution in [2.45, 2.75) is 77.0 Å². The van der Waals surface area contributed by atoms with E-state index in [1.54, 1.807) is 20.8 Å². The molecule has 7 unspecified atom stereocenters. The van der Waals surface area contributed by atoms with Crippen molar-refractivity contribution in [3.05, 3.63) is 0 Å². The molecular formula is C18H24O9. The Morgan fingerprint density at radius 1 is 1.19 bits per heavy atom. The lowest BCUT2D eigenvalue weighted by Gasteiger charge is -2.29. The van der Waals surface area contributed by atoms with Gasteiger partial charge in [0.2, 0.25) is 6.10 Å². The van der Waals surface area contributed by atoms with Crippen LogP contribution in [0.15, 0.2) is 0 Å². The molecular weight excluding hydrogens is 360 g/mol. The van der Waals surface area contributed by atoms with Crippen LogP contribution in [0.1, 0.15) is 40.5 Å². The fourth-order valence-corrected chi connectivity index (χ4v) is 3.78. The predicted octanol–water partition coefficient (Wildman–Crippen LogP) is 0.679. The van der Waals surface area contributed by atoms with Gasteiger partial charge in [-0.05, 0) is 27.2 Å². The van der Waals surface area contributed by atoms with Crippen LogP contribution in [0, 0.1) is 11.3 Å². The number of esters is 3. The fourth-order valence-electron chi connectivity index (χ4n) is 3.78. The fraction of sp³-hybridized carbons (Fsp3) is 0.833. The zero-order valence-corrected chi connectivity index (χ0v) is 15.8. The van der Waals surface area contributed by atoms with Crippen LogP contribution in [0.25, 0.3) is 0 Å². The lowest BCUT2D eigenvalue weighted by molar-refractivity contribution is -0.246. The Bertz CT molecular complexity index is 674. The van der Waals surface area contributed by atoms with Gasteiger partial charge in [0.15, 0.2) is 24.3 Å². The van der Waals surface area contributed by atoms with Crippen molar-refractivity contribution in [2.75, 3.05) is 6.61 Å². The first-order valence-electron chi connectivity index (χ1n) is 9.25. The first-order valence-corrected chi connectivity index (χ1v) is 9.25. The average molecular weight is 384 g/mol. The molecule has 0 aromatic carbocycles. The second-order valence-electron chi connectivity index (χ2n) is 8.16. The molecule has 7 atom stereocenters. The number of hydrogen-bond acceptors (Lipinski definition) is 9. The van der Waals surface area contributed by atoms with Crippen LogP contribution in [0.2, 0.25) is 0 Å². The smallest absolute Gasteiger partial charge is 0.350 e. The van der Waals surface area contributed by atoms with Gasteiger partial charge >= 0.3 is 17.9 Å². The monoisotopic (exact) mass is 384 g/mol. The number of carbonyl (C=O) groups is 3. The van der Waals surface area contributed by atoms with Gasteiger partial charge < -0.3 is 28.4 Å². The van der Waals surface area contributed by atoms with E-state index in [1.807, 2.05) is 6.92 Å². The van der Waals surface area contributed by atoms with Crippen molar-refractivity contribution in [1.29, 1.82) is 0 Å². The van der Waals surface area contributed by atoms with Crippen molar-refractivity contribution < 1.29 is 42.8 Å². The minimum Gasteiger partial charge on any atom is -0.465 e. The normalized spacial score (nSPS) is 43.3. The summed E-state index contributed by atoms with van der Waals surface area (Å²) in [4.78, 5) is 36.5. The molecule has 4 saturated heterocycles. The van der Waals surface area contributed by atoms with E-state index < -0.39 is 59.8 Å². The van der Waals surface area contributed by atoms with Gasteiger partial charge in [0, 0.05) is 6.42 Å². The molecule has 4 aliphatic heterocycles. The van der Waals surface area contributed by atoms with E-state index in [9.17, 15) is 14.4 Å². The average Bonchev–Trinajstić information content (AvgIpc) is 3.32. The second kappa shape index (κ2) is 6.15. The molecule has 4 rings (SSSR count). The van der Waals surface area contributed by atoms with E-state index in [-0.39, 0.29) is 5.97 Å². The van der Waals surface area contributed by atoms with Crippen LogP contribution >= 0.6 is 0 Å². The van der Waals surface area contributed by atoms with Crippen molar-refractivity contribution in [3.8, 4) is 0 Å². The summed E-state index contributed by atoms with van der Waals surface area (Å²) in [5, 5.41) is 0. The molecule has 0 amide bonds. The number of hydrogen-bond donors (Lipinski definition) is 0. The Morgan fingerprint density at radius 3 is 2.56 bits per heavy atom. The summed E-state index contributed by atoms with van der Waals surface area (Å²) < 4.78 is 33.4. The van der Waals surface area contributed by atoms with E-state index in [0.717, 1.165) is 0 Å². The van der Waals surface area contributed by atoms with Gasteiger partial charge in [-0.25, -0.2) is 4.79 Å². The number of cyclic esters (lactones) is 1. The van der Waals surface area contributed by atoms with Gasteiger partial charge in [-0.15, -0.1) is 0 Å². The minimum absolute atomic E-state index is 0.314. The highest BCUT2D eigenvalue weighted by Gasteiger charge is 2.67. The van der Waals surface area contributed by atoms with Crippen molar-refractivity contribution in [3.63, 3.8) is 0 Å². The molecule has 150 valence electrons. The molecule has 0 saturated carbocycles. The molecule has 0 aromatic heterocycles. The van der Waals surface area contributed by atoms with E-state index >= 15 is 0 Å². The van der Waals surface area contributed by atoms with Crippen molar-refractivity contribution >= 4 is 17.9 Å². The number of fused-ring (bicyclic) bond motifs is 3. The molecule has 0 bridgehead atoms. The Balaban J connectivity index is 1.46. The third-order valence-corrected chi connectivity index (χ3v) is 5.95. The highest BCUT2D eigenvalue weighted by Crippen LogP contribution is 2.47. The van der Waals surface area contributed by atoms with Gasteiger partial charge in [-0.1, -0.05) is 6.92 Å². The van der Waals surface area contributed by atoms with Gasteiger partial charge in [0.05, 0.1) is 12.0 Å². The topological polar surface area (TPSA) is 107 Å². The lowest BCUT2D eigenvalue weighted by atomic mass is 9.90. The van der Waals surface area contributed by atoms with Crippen LogP contribution in [-0.2, 0) is 42.8 Å². The third-order valence-electron chi connectivity index (χ3n) is 5.95. The maximum absolute atomic E-state index is 12.3. The van der Waals surface area contributed by atoms with E-state index in [2.05, 4.69) is 0 Å². The maximum atomic E-state index is 12.3. The highest BCUT2D eigenvalue weighted by molar-refractivity contribution is 5.84. The molecule has 9 heteroatoms. The Kier molecular flexibility index (Phi) is 4.25. The Morgan fingerprint density at radius 2 is 1.93 bits per heavy atom. The molecule has 0 N–H and O–H groups in total. The van der Waals surface area contributed by atoms with E-state index in [1.165, 1.54) is 0 Å². The zero-order chi connectivity index (χ0) is 19.6. The molecule has 0 aliphatic carbocycles. The number of carbonyl (C=O) groups excluding carboxylic acids is 3. The summed E-state index contributed by atoms with van der Waals surface area (Å²) in [5.74, 6) is -3.32. The van der Waals surface area contributed by atoms with E-state index in [0.29, 0.717) is 19.4 Å². The van der Waals surface area contributed by atoms with Crippen molar-refractivity contribution in [2.24, 2.45) is 11.3 Å². The van der Waals surface area contributed by atoms with Crippen LogP contribution < -0.4 is 0 Å². The van der Waals surface area contributed by atoms with Crippen molar-refractivity contribution in [1.82, 2.24) is 0 Å². The quantitative estimate of drug-likeness (QED) is 0.511. The summed E-state index contributed by atoms with van der Waals surface area (Å²) in [7, 11) is 0. The second-order valence-corrected chi connectivity index (χ2v) is 8.16. The molecule has 0 radical (unpaired) electrons. The SMILES string of the molecule is CCC(C)(C)C(=O)OC1C(=O)OC2C3OC(C)(C4CCOC4=O)OC3OC12. The largest absolute Gasteiger partial charge is 0.465 e. The van der Waals surface area contributed by atoms with Crippen LogP contribution in [-0.4, -0.2) is 61.0 Å². The van der Waals surface area contributed by atoms with Gasteiger partial charge in [-0.2, -0.15) is 0 Å². The molecule has 0 aromatic rings. The summed E-state index contributed by atoms with van der Waals surface area (Å²) in [6.45, 7) is 7.32. The number of rotatable bonds is 4. The summed E-state index contributed by atoms with van der Waals surface area (Å²) >= 11 is 0. The summed E-state index contributed by atoms with van der Waals surface area (Å²) in [6.07, 6.45) is -3.18. The highest BCUT2D eigenvalue weighted by atomic mass is 16.9. The van der Waals surface area contributed by atoms with E-state index in [4.69, 9.17) is 28.4 Å².